The van der Waals surface area contributed by atoms with Crippen molar-refractivity contribution in [1.82, 2.24) is 0 Å². The molecule has 1 spiro atoms. The van der Waals surface area contributed by atoms with Crippen LogP contribution in [0.5, 0.6) is 23.0 Å². The van der Waals surface area contributed by atoms with E-state index in [0.717, 1.165) is 39.3 Å². The minimum atomic E-state index is -1.62. The normalized spacial score (nSPS) is 21.9. The number of phenolic OH excluding ortho intramolecular Hbond substituents is 1. The summed E-state index contributed by atoms with van der Waals surface area (Å²) in [6, 6.07) is 14.7. The first-order valence-electron chi connectivity index (χ1n) is 19.8. The van der Waals surface area contributed by atoms with Crippen molar-refractivity contribution in [3.8, 4) is 23.0 Å². The van der Waals surface area contributed by atoms with Gasteiger partial charge in [0.15, 0.2) is 0 Å². The van der Waals surface area contributed by atoms with Gasteiger partial charge in [-0.15, -0.1) is 0 Å². The molecule has 10 heteroatoms. The molecule has 0 bridgehead atoms. The molecule has 0 amide bonds. The van der Waals surface area contributed by atoms with Gasteiger partial charge >= 0.3 is 8.60 Å². The molecule has 2 aliphatic rings. The first-order valence-corrected chi connectivity index (χ1v) is 22.3. The number of phenols is 1. The molecule has 3 aromatic carbocycles. The summed E-state index contributed by atoms with van der Waals surface area (Å²) in [6.45, 7) is 36.0. The van der Waals surface area contributed by atoms with Crippen molar-refractivity contribution in [2.24, 2.45) is 0 Å². The summed E-state index contributed by atoms with van der Waals surface area (Å²) in [6.07, 6.45) is 0.256. The van der Waals surface area contributed by atoms with Crippen molar-refractivity contribution < 1.29 is 37.2 Å². The number of methoxy groups -OCH3 is 1. The fourth-order valence-electron chi connectivity index (χ4n) is 6.89. The Morgan fingerprint density at radius 2 is 1.14 bits per heavy atom. The molecule has 0 aromatic heterocycles. The van der Waals surface area contributed by atoms with Crippen LogP contribution in [0.15, 0.2) is 42.5 Å². The van der Waals surface area contributed by atoms with Crippen LogP contribution in [0, 0.1) is 0 Å². The lowest BCUT2D eigenvalue weighted by atomic mass is 9.74. The Morgan fingerprint density at radius 3 is 1.62 bits per heavy atom. The van der Waals surface area contributed by atoms with Gasteiger partial charge in [-0.05, 0) is 62.0 Å². The minimum absolute atomic E-state index is 0.108. The minimum Gasteiger partial charge on any atom is -0.507 e. The monoisotopic (exact) mass is 810 g/mol. The summed E-state index contributed by atoms with van der Waals surface area (Å²) < 4.78 is 44.1. The van der Waals surface area contributed by atoms with Crippen LogP contribution in [0.2, 0.25) is 0 Å². The maximum Gasteiger partial charge on any atom is 0.397 e. The van der Waals surface area contributed by atoms with Gasteiger partial charge in [0.2, 0.25) is 0 Å². The lowest BCUT2D eigenvalue weighted by molar-refractivity contribution is -0.141. The molecule has 2 atom stereocenters. The van der Waals surface area contributed by atoms with Crippen LogP contribution in [-0.4, -0.2) is 44.0 Å². The third-order valence-electron chi connectivity index (χ3n) is 10.7. The molecular weight excluding hydrogens is 742 g/mol. The Labute approximate surface area is 340 Å². The zero-order valence-corrected chi connectivity index (χ0v) is 38.9. The second-order valence-electron chi connectivity index (χ2n) is 20.8. The van der Waals surface area contributed by atoms with E-state index in [2.05, 4.69) is 135 Å². The molecular formula is C46H68O8P2. The van der Waals surface area contributed by atoms with E-state index >= 15 is 0 Å². The van der Waals surface area contributed by atoms with E-state index in [9.17, 15) is 5.11 Å². The molecule has 0 saturated carbocycles. The van der Waals surface area contributed by atoms with E-state index in [1.165, 1.54) is 11.1 Å². The molecule has 2 saturated heterocycles. The highest BCUT2D eigenvalue weighted by atomic mass is 31.2. The SMILES string of the molecule is COc1ccc(OP2OCC3(COP(Oc4c(C(C)c5cc(C(C)(C)C)cc(C(C)(C)C)c5O)cc(C(C)(C)C)cc4C(C)(C)C)CO3)CO2)cc1C(C)(C)C. The lowest BCUT2D eigenvalue weighted by Crippen LogP contribution is -2.50. The second-order valence-corrected chi connectivity index (χ2v) is 23.3. The largest absolute Gasteiger partial charge is 0.507 e. The first-order chi connectivity index (χ1) is 25.6. The molecule has 2 aliphatic heterocycles. The summed E-state index contributed by atoms with van der Waals surface area (Å²) >= 11 is 0. The van der Waals surface area contributed by atoms with Crippen molar-refractivity contribution in [3.63, 3.8) is 0 Å². The average Bonchev–Trinajstić information content (AvgIpc) is 3.08. The van der Waals surface area contributed by atoms with Crippen molar-refractivity contribution in [2.45, 2.75) is 149 Å². The van der Waals surface area contributed by atoms with Crippen LogP contribution in [-0.2, 0) is 45.4 Å². The molecule has 2 unspecified atom stereocenters. The van der Waals surface area contributed by atoms with Gasteiger partial charge < -0.3 is 28.2 Å². The summed E-state index contributed by atoms with van der Waals surface area (Å²) in [5.74, 6) is 2.44. The van der Waals surface area contributed by atoms with Crippen molar-refractivity contribution in [1.29, 1.82) is 0 Å². The standard InChI is InChI=1S/C46H68O8P2/c1-29(33-20-30(41(2,3)4)22-36(39(33)47)44(11,12)13)34-21-31(42(5,6)7)23-37(45(14,15)16)40(34)54-55-28-49-46(25-50-55)26-51-56(52-27-46)53-32-18-19-38(48-17)35(24-32)43(8,9)10/h18-24,29,47H,25-28H2,1-17H3. The van der Waals surface area contributed by atoms with E-state index in [4.69, 9.17) is 32.1 Å². The molecule has 1 N–H and O–H groups in total. The Kier molecular flexibility index (Phi) is 12.7. The van der Waals surface area contributed by atoms with Crippen LogP contribution in [0.25, 0.3) is 0 Å². The van der Waals surface area contributed by atoms with Gasteiger partial charge in [0.25, 0.3) is 8.38 Å². The van der Waals surface area contributed by atoms with Crippen LogP contribution in [0.1, 0.15) is 156 Å². The summed E-state index contributed by atoms with van der Waals surface area (Å²) in [4.78, 5) is 0. The van der Waals surface area contributed by atoms with E-state index in [1.807, 2.05) is 18.2 Å². The third-order valence-corrected chi connectivity index (χ3v) is 12.9. The molecule has 310 valence electrons. The fraction of sp³-hybridized carbons (Fsp3) is 0.609. The Balaban J connectivity index is 1.41. The summed E-state index contributed by atoms with van der Waals surface area (Å²) in [5.41, 5.74) is 5.80. The van der Waals surface area contributed by atoms with Gasteiger partial charge in [-0.25, -0.2) is 0 Å². The molecule has 56 heavy (non-hydrogen) atoms. The van der Waals surface area contributed by atoms with Gasteiger partial charge in [-0.1, -0.05) is 135 Å². The highest BCUT2D eigenvalue weighted by molar-refractivity contribution is 7.47. The third kappa shape index (κ3) is 10.0. The second kappa shape index (κ2) is 16.0. The van der Waals surface area contributed by atoms with Gasteiger partial charge in [-0.2, -0.15) is 0 Å². The first kappa shape index (κ1) is 44.7. The topological polar surface area (TPSA) is 84.8 Å². The highest BCUT2D eigenvalue weighted by Crippen LogP contribution is 2.55. The maximum atomic E-state index is 12.0. The number of hydrogen-bond donors (Lipinski definition) is 1. The maximum absolute atomic E-state index is 12.0. The van der Waals surface area contributed by atoms with Crippen LogP contribution >= 0.6 is 17.0 Å². The number of hydrogen-bond acceptors (Lipinski definition) is 8. The molecule has 2 fully saturated rings. The molecule has 0 radical (unpaired) electrons. The number of rotatable bonds is 7. The van der Waals surface area contributed by atoms with E-state index in [0.29, 0.717) is 11.5 Å². The molecule has 3 aromatic rings. The number of aromatic hydroxyl groups is 1. The van der Waals surface area contributed by atoms with Gasteiger partial charge in [0.05, 0.1) is 26.9 Å². The Morgan fingerprint density at radius 1 is 0.625 bits per heavy atom. The van der Waals surface area contributed by atoms with Crippen molar-refractivity contribution >= 4 is 17.0 Å². The van der Waals surface area contributed by atoms with Crippen LogP contribution < -0.4 is 13.8 Å². The lowest BCUT2D eigenvalue weighted by Gasteiger charge is -2.42. The summed E-state index contributed by atoms with van der Waals surface area (Å²) in [5, 5.41) is 12.0. The molecule has 5 rings (SSSR count). The van der Waals surface area contributed by atoms with Crippen LogP contribution in [0.3, 0.4) is 0 Å². The zero-order chi connectivity index (χ0) is 41.8. The Bertz CT molecular complexity index is 1850. The van der Waals surface area contributed by atoms with Crippen molar-refractivity contribution in [3.05, 3.63) is 81.4 Å². The molecule has 0 aliphatic carbocycles. The predicted octanol–water partition coefficient (Wildman–Crippen LogP) is 12.8. The highest BCUT2D eigenvalue weighted by Gasteiger charge is 2.46. The van der Waals surface area contributed by atoms with Gasteiger partial charge in [0.1, 0.15) is 34.9 Å². The quantitative estimate of drug-likeness (QED) is 0.236. The van der Waals surface area contributed by atoms with E-state index in [-0.39, 0.29) is 59.2 Å². The molecule has 2 heterocycles. The summed E-state index contributed by atoms with van der Waals surface area (Å²) in [7, 11) is -1.41. The number of ether oxygens (including phenoxy) is 2. The Hall–Kier alpha value is -2.44. The van der Waals surface area contributed by atoms with E-state index < -0.39 is 22.6 Å². The van der Waals surface area contributed by atoms with Gasteiger partial charge in [-0.3, -0.25) is 9.05 Å². The average molecular weight is 811 g/mol. The van der Waals surface area contributed by atoms with Crippen LogP contribution in [0.4, 0.5) is 0 Å². The molecule has 8 nitrogen and oxygen atoms in total. The smallest absolute Gasteiger partial charge is 0.397 e. The van der Waals surface area contributed by atoms with Gasteiger partial charge in [0, 0.05) is 28.2 Å². The zero-order valence-electron chi connectivity index (χ0n) is 37.1. The van der Waals surface area contributed by atoms with Crippen molar-refractivity contribution in [2.75, 3.05) is 33.3 Å². The number of benzene rings is 3. The predicted molar refractivity (Wildman–Crippen MR) is 230 cm³/mol. The fourth-order valence-corrected chi connectivity index (χ4v) is 9.38. The van der Waals surface area contributed by atoms with E-state index in [1.54, 1.807) is 7.11 Å².